The fraction of sp³-hybridized carbons (Fsp3) is 0.0952. The lowest BCUT2D eigenvalue weighted by Gasteiger charge is -2.09. The summed E-state index contributed by atoms with van der Waals surface area (Å²) in [5.74, 6) is -0.493. The molecule has 2 aromatic heterocycles. The van der Waals surface area contributed by atoms with Gasteiger partial charge < -0.3 is 4.74 Å². The molecule has 0 radical (unpaired) electrons. The van der Waals surface area contributed by atoms with Crippen LogP contribution in [-0.2, 0) is 4.74 Å². The highest BCUT2D eigenvalue weighted by Gasteiger charge is 2.18. The number of carbonyl (C=O) groups is 1. The fourth-order valence-electron chi connectivity index (χ4n) is 2.91. The Kier molecular flexibility index (Phi) is 5.03. The lowest BCUT2D eigenvalue weighted by atomic mass is 10.1. The number of nitrogens with zero attached hydrogens (tertiary/aromatic N) is 3. The van der Waals surface area contributed by atoms with Gasteiger partial charge in [0.2, 0.25) is 0 Å². The minimum atomic E-state index is -0.493. The largest absolute Gasteiger partial charge is 0.461 e. The number of hydrogen-bond acceptors (Lipinski definition) is 4. The van der Waals surface area contributed by atoms with Gasteiger partial charge in [-0.05, 0) is 31.2 Å². The van der Waals surface area contributed by atoms with E-state index in [2.05, 4.69) is 10.1 Å². The summed E-state index contributed by atoms with van der Waals surface area (Å²) in [5.41, 5.74) is 3.71. The molecule has 0 aliphatic heterocycles. The second-order valence-electron chi connectivity index (χ2n) is 6.03. The van der Waals surface area contributed by atoms with E-state index >= 15 is 0 Å². The van der Waals surface area contributed by atoms with E-state index < -0.39 is 5.97 Å². The fourth-order valence-corrected chi connectivity index (χ4v) is 3.27. The summed E-state index contributed by atoms with van der Waals surface area (Å²) in [5, 5.41) is 5.87. The van der Waals surface area contributed by atoms with Gasteiger partial charge in [0, 0.05) is 27.2 Å². The van der Waals surface area contributed by atoms with E-state index in [0.29, 0.717) is 27.1 Å². The average Bonchev–Trinajstić information content (AvgIpc) is 3.12. The number of hydrogen-bond donors (Lipinski definition) is 0. The molecule has 5 nitrogen and oxygen atoms in total. The third kappa shape index (κ3) is 3.46. The first kappa shape index (κ1) is 18.5. The molecule has 4 aromatic rings. The first-order valence-corrected chi connectivity index (χ1v) is 9.41. The van der Waals surface area contributed by atoms with Crippen LogP contribution in [-0.4, -0.2) is 27.2 Å². The van der Waals surface area contributed by atoms with E-state index in [0.717, 1.165) is 11.1 Å². The predicted octanol–water partition coefficient (Wildman–Crippen LogP) is 5.55. The Bertz CT molecular complexity index is 1170. The van der Waals surface area contributed by atoms with Crippen molar-refractivity contribution in [3.8, 4) is 22.5 Å². The molecule has 0 saturated carbocycles. The summed E-state index contributed by atoms with van der Waals surface area (Å²) in [6, 6.07) is 18.2. The van der Waals surface area contributed by atoms with Crippen molar-refractivity contribution in [1.82, 2.24) is 14.6 Å². The number of ether oxygens (including phenoxy) is 1. The minimum Gasteiger partial charge on any atom is -0.461 e. The number of rotatable bonds is 4. The van der Waals surface area contributed by atoms with Crippen LogP contribution in [0.15, 0.2) is 60.7 Å². The normalized spacial score (nSPS) is 11.0. The number of aromatic nitrogens is 3. The molecule has 4 rings (SSSR count). The summed E-state index contributed by atoms with van der Waals surface area (Å²) >= 11 is 12.4. The molecule has 2 heterocycles. The molecule has 0 saturated heterocycles. The maximum Gasteiger partial charge on any atom is 0.357 e. The van der Waals surface area contributed by atoms with E-state index in [1.807, 2.05) is 36.4 Å². The van der Waals surface area contributed by atoms with Crippen LogP contribution >= 0.6 is 23.2 Å². The summed E-state index contributed by atoms with van der Waals surface area (Å²) < 4.78 is 6.80. The molecule has 140 valence electrons. The van der Waals surface area contributed by atoms with Crippen molar-refractivity contribution in [3.05, 3.63) is 76.4 Å². The third-order valence-corrected chi connectivity index (χ3v) is 4.78. The van der Waals surface area contributed by atoms with Crippen LogP contribution in [0.5, 0.6) is 0 Å². The van der Waals surface area contributed by atoms with Gasteiger partial charge in [-0.3, -0.25) is 0 Å². The highest BCUT2D eigenvalue weighted by atomic mass is 35.5. The van der Waals surface area contributed by atoms with E-state index in [1.165, 1.54) is 0 Å². The molecule has 7 heteroatoms. The van der Waals surface area contributed by atoms with Crippen molar-refractivity contribution in [2.45, 2.75) is 6.92 Å². The first-order chi connectivity index (χ1) is 13.6. The molecule has 0 bridgehead atoms. The minimum absolute atomic E-state index is 0.201. The Morgan fingerprint density at radius 1 is 1.07 bits per heavy atom. The van der Waals surface area contributed by atoms with E-state index in [9.17, 15) is 4.79 Å². The maximum absolute atomic E-state index is 12.3. The second kappa shape index (κ2) is 7.62. The van der Waals surface area contributed by atoms with Gasteiger partial charge in [0.15, 0.2) is 11.3 Å². The molecular weight excluding hydrogens is 397 g/mol. The zero-order chi connectivity index (χ0) is 19.7. The van der Waals surface area contributed by atoms with Crippen LogP contribution in [0.1, 0.15) is 17.4 Å². The highest BCUT2D eigenvalue weighted by Crippen LogP contribution is 2.30. The Morgan fingerprint density at radius 2 is 1.82 bits per heavy atom. The van der Waals surface area contributed by atoms with Crippen molar-refractivity contribution in [3.63, 3.8) is 0 Å². The third-order valence-electron chi connectivity index (χ3n) is 4.20. The molecule has 0 fully saturated rings. The second-order valence-corrected chi connectivity index (χ2v) is 6.88. The molecule has 0 amide bonds. The van der Waals surface area contributed by atoms with Crippen molar-refractivity contribution in [2.24, 2.45) is 0 Å². The van der Waals surface area contributed by atoms with E-state index in [1.54, 1.807) is 35.7 Å². The molecule has 2 aromatic carbocycles. The lowest BCUT2D eigenvalue weighted by Crippen LogP contribution is -2.09. The Labute approximate surface area is 171 Å². The Balaban J connectivity index is 1.95. The summed E-state index contributed by atoms with van der Waals surface area (Å²) in [6.45, 7) is 2.02. The quantitative estimate of drug-likeness (QED) is 0.413. The van der Waals surface area contributed by atoms with Crippen molar-refractivity contribution >= 4 is 34.8 Å². The monoisotopic (exact) mass is 411 g/mol. The van der Waals surface area contributed by atoms with Gasteiger partial charge in [0.1, 0.15) is 0 Å². The Morgan fingerprint density at radius 3 is 2.54 bits per heavy atom. The molecule has 0 atom stereocenters. The van der Waals surface area contributed by atoms with Crippen LogP contribution in [0.2, 0.25) is 10.0 Å². The topological polar surface area (TPSA) is 56.5 Å². The van der Waals surface area contributed by atoms with Crippen LogP contribution in [0.25, 0.3) is 28.2 Å². The van der Waals surface area contributed by atoms with E-state index in [4.69, 9.17) is 27.9 Å². The zero-order valence-electron chi connectivity index (χ0n) is 14.9. The van der Waals surface area contributed by atoms with Crippen LogP contribution < -0.4 is 0 Å². The zero-order valence-corrected chi connectivity index (χ0v) is 16.4. The van der Waals surface area contributed by atoms with Crippen LogP contribution in [0.3, 0.4) is 0 Å². The SMILES string of the molecule is CCOC(=O)c1cc(-c2ccccc2Cl)n2nc(-c3ccc(Cl)cc3)cc2n1. The smallest absolute Gasteiger partial charge is 0.357 e. The standard InChI is InChI=1S/C21H15Cl2N3O2/c1-2-28-21(27)18-11-19(15-5-3-4-6-16(15)23)26-20(24-18)12-17(25-26)13-7-9-14(22)10-8-13/h3-12H,2H2,1H3. The maximum atomic E-state index is 12.3. The van der Waals surface area contributed by atoms with Gasteiger partial charge in [-0.25, -0.2) is 14.3 Å². The first-order valence-electron chi connectivity index (χ1n) is 8.65. The summed E-state index contributed by atoms with van der Waals surface area (Å²) in [7, 11) is 0. The van der Waals surface area contributed by atoms with Crippen molar-refractivity contribution in [1.29, 1.82) is 0 Å². The van der Waals surface area contributed by atoms with Crippen LogP contribution in [0.4, 0.5) is 0 Å². The molecule has 0 aliphatic rings. The van der Waals surface area contributed by atoms with Gasteiger partial charge in [-0.1, -0.05) is 53.5 Å². The Hall–Kier alpha value is -2.89. The predicted molar refractivity (Wildman–Crippen MR) is 110 cm³/mol. The molecule has 0 spiro atoms. The summed E-state index contributed by atoms with van der Waals surface area (Å²) in [4.78, 5) is 16.7. The summed E-state index contributed by atoms with van der Waals surface area (Å²) in [6.07, 6.45) is 0. The van der Waals surface area contributed by atoms with Crippen LogP contribution in [0, 0.1) is 0 Å². The molecule has 28 heavy (non-hydrogen) atoms. The number of fused-ring (bicyclic) bond motifs is 1. The van der Waals surface area contributed by atoms with Gasteiger partial charge in [0.05, 0.1) is 18.0 Å². The van der Waals surface area contributed by atoms with Gasteiger partial charge >= 0.3 is 5.97 Å². The highest BCUT2D eigenvalue weighted by molar-refractivity contribution is 6.33. The van der Waals surface area contributed by atoms with Gasteiger partial charge in [-0.2, -0.15) is 5.10 Å². The number of esters is 1. The van der Waals surface area contributed by atoms with E-state index in [-0.39, 0.29) is 12.3 Å². The molecule has 0 aliphatic carbocycles. The number of benzene rings is 2. The lowest BCUT2D eigenvalue weighted by molar-refractivity contribution is 0.0519. The number of halogens is 2. The van der Waals surface area contributed by atoms with Crippen molar-refractivity contribution < 1.29 is 9.53 Å². The van der Waals surface area contributed by atoms with Gasteiger partial charge in [0.25, 0.3) is 0 Å². The van der Waals surface area contributed by atoms with Gasteiger partial charge in [-0.15, -0.1) is 0 Å². The average molecular weight is 412 g/mol. The number of carbonyl (C=O) groups excluding carboxylic acids is 1. The molecule has 0 N–H and O–H groups in total. The van der Waals surface area contributed by atoms with Crippen molar-refractivity contribution in [2.75, 3.05) is 6.61 Å². The molecular formula is C21H15Cl2N3O2. The molecule has 0 unspecified atom stereocenters.